The van der Waals surface area contributed by atoms with Gasteiger partial charge in [-0.05, 0) is 46.4 Å². The van der Waals surface area contributed by atoms with Gasteiger partial charge in [-0.2, -0.15) is 0 Å². The Balaban J connectivity index is 2.37. The van der Waals surface area contributed by atoms with Gasteiger partial charge in [0.25, 0.3) is 0 Å². The van der Waals surface area contributed by atoms with Crippen LogP contribution in [0.4, 0.5) is 0 Å². The first-order chi connectivity index (χ1) is 8.19. The molecule has 0 spiro atoms. The van der Waals surface area contributed by atoms with E-state index < -0.39 is 0 Å². The van der Waals surface area contributed by atoms with E-state index in [0.717, 1.165) is 19.1 Å². The molecule has 17 heavy (non-hydrogen) atoms. The molecule has 3 heteroatoms. The molecule has 1 aliphatic rings. The third-order valence-electron chi connectivity index (χ3n) is 4.05. The van der Waals surface area contributed by atoms with Crippen LogP contribution in [-0.2, 0) is 0 Å². The summed E-state index contributed by atoms with van der Waals surface area (Å²) >= 11 is 0. The molecule has 1 N–H and O–H groups in total. The molecule has 0 saturated carbocycles. The van der Waals surface area contributed by atoms with E-state index in [1.807, 2.05) is 0 Å². The van der Waals surface area contributed by atoms with Crippen LogP contribution in [0.15, 0.2) is 0 Å². The molecular formula is C14H31N3. The molecule has 1 saturated heterocycles. The van der Waals surface area contributed by atoms with E-state index in [-0.39, 0.29) is 0 Å². The van der Waals surface area contributed by atoms with Gasteiger partial charge in [-0.25, -0.2) is 0 Å². The molecule has 0 aromatic carbocycles. The molecule has 1 aliphatic heterocycles. The molecule has 0 radical (unpaired) electrons. The molecule has 1 heterocycles. The summed E-state index contributed by atoms with van der Waals surface area (Å²) in [5.41, 5.74) is 0. The predicted octanol–water partition coefficient (Wildman–Crippen LogP) is 1.79. The Bertz CT molecular complexity index is 196. The molecule has 2 unspecified atom stereocenters. The normalized spacial score (nSPS) is 23.5. The lowest BCUT2D eigenvalue weighted by Crippen LogP contribution is -2.45. The van der Waals surface area contributed by atoms with E-state index in [4.69, 9.17) is 0 Å². The lowest BCUT2D eigenvalue weighted by Gasteiger charge is -2.32. The summed E-state index contributed by atoms with van der Waals surface area (Å²) in [4.78, 5) is 5.09. The SMILES string of the molecule is CCCC(CNCC)N(C)CC1CCCN1C. The van der Waals surface area contributed by atoms with Crippen molar-refractivity contribution in [3.05, 3.63) is 0 Å². The maximum atomic E-state index is 3.49. The molecular weight excluding hydrogens is 210 g/mol. The fourth-order valence-corrected chi connectivity index (χ4v) is 2.81. The van der Waals surface area contributed by atoms with Gasteiger partial charge < -0.3 is 15.1 Å². The van der Waals surface area contributed by atoms with Crippen LogP contribution in [0.25, 0.3) is 0 Å². The lowest BCUT2D eigenvalue weighted by molar-refractivity contribution is 0.167. The van der Waals surface area contributed by atoms with Crippen LogP contribution in [-0.4, -0.2) is 62.2 Å². The second kappa shape index (κ2) is 8.06. The van der Waals surface area contributed by atoms with Crippen molar-refractivity contribution in [2.24, 2.45) is 0 Å². The van der Waals surface area contributed by atoms with Gasteiger partial charge in [0, 0.05) is 25.2 Å². The fraction of sp³-hybridized carbons (Fsp3) is 1.00. The quantitative estimate of drug-likeness (QED) is 0.699. The monoisotopic (exact) mass is 241 g/mol. The number of hydrogen-bond acceptors (Lipinski definition) is 3. The summed E-state index contributed by atoms with van der Waals surface area (Å²) in [6.07, 6.45) is 5.34. The lowest BCUT2D eigenvalue weighted by atomic mass is 10.1. The van der Waals surface area contributed by atoms with Crippen molar-refractivity contribution in [3.63, 3.8) is 0 Å². The third-order valence-corrected chi connectivity index (χ3v) is 4.05. The first-order valence-electron chi connectivity index (χ1n) is 7.30. The van der Waals surface area contributed by atoms with E-state index in [1.54, 1.807) is 0 Å². The molecule has 0 amide bonds. The largest absolute Gasteiger partial charge is 0.315 e. The zero-order valence-corrected chi connectivity index (χ0v) is 12.2. The van der Waals surface area contributed by atoms with Crippen molar-refractivity contribution in [1.82, 2.24) is 15.1 Å². The highest BCUT2D eigenvalue weighted by molar-refractivity contribution is 4.81. The number of likely N-dealkylation sites (N-methyl/N-ethyl adjacent to an activating group) is 3. The molecule has 1 rings (SSSR count). The molecule has 0 aromatic rings. The number of nitrogens with zero attached hydrogens (tertiary/aromatic N) is 2. The standard InChI is InChI=1S/C14H31N3/c1-5-8-13(11-15-6-2)17(4)12-14-9-7-10-16(14)3/h13-15H,5-12H2,1-4H3. The van der Waals surface area contributed by atoms with E-state index in [9.17, 15) is 0 Å². The molecule has 1 fully saturated rings. The van der Waals surface area contributed by atoms with Gasteiger partial charge in [0.2, 0.25) is 0 Å². The van der Waals surface area contributed by atoms with Gasteiger partial charge in [0.15, 0.2) is 0 Å². The average Bonchev–Trinajstić information content (AvgIpc) is 2.70. The number of likely N-dealkylation sites (tertiary alicyclic amines) is 1. The number of rotatable bonds is 8. The van der Waals surface area contributed by atoms with Crippen LogP contribution in [0.5, 0.6) is 0 Å². The molecule has 0 aliphatic carbocycles. The highest BCUT2D eigenvalue weighted by Gasteiger charge is 2.24. The second-order valence-corrected chi connectivity index (χ2v) is 5.47. The van der Waals surface area contributed by atoms with E-state index in [1.165, 1.54) is 38.8 Å². The summed E-state index contributed by atoms with van der Waals surface area (Å²) < 4.78 is 0. The van der Waals surface area contributed by atoms with Crippen LogP contribution in [0.2, 0.25) is 0 Å². The predicted molar refractivity (Wildman–Crippen MR) is 75.5 cm³/mol. The van der Waals surface area contributed by atoms with Crippen LogP contribution >= 0.6 is 0 Å². The molecule has 102 valence electrons. The molecule has 3 nitrogen and oxygen atoms in total. The Morgan fingerprint density at radius 3 is 2.71 bits per heavy atom. The van der Waals surface area contributed by atoms with Gasteiger partial charge in [-0.3, -0.25) is 0 Å². The van der Waals surface area contributed by atoms with Crippen LogP contribution < -0.4 is 5.32 Å². The van der Waals surface area contributed by atoms with Crippen LogP contribution in [0.1, 0.15) is 39.5 Å². The van der Waals surface area contributed by atoms with Gasteiger partial charge in [-0.15, -0.1) is 0 Å². The summed E-state index contributed by atoms with van der Waals surface area (Å²) in [6.45, 7) is 9.20. The minimum atomic E-state index is 0.703. The first-order valence-corrected chi connectivity index (χ1v) is 7.30. The summed E-state index contributed by atoms with van der Waals surface area (Å²) in [6, 6.07) is 1.48. The topological polar surface area (TPSA) is 18.5 Å². The number of nitrogens with one attached hydrogen (secondary N) is 1. The maximum absolute atomic E-state index is 3.49. The molecule has 2 atom stereocenters. The Morgan fingerprint density at radius 2 is 2.18 bits per heavy atom. The minimum Gasteiger partial charge on any atom is -0.315 e. The summed E-state index contributed by atoms with van der Waals surface area (Å²) in [5, 5.41) is 3.49. The highest BCUT2D eigenvalue weighted by Crippen LogP contribution is 2.17. The number of hydrogen-bond donors (Lipinski definition) is 1. The van der Waals surface area contributed by atoms with Crippen LogP contribution in [0, 0.1) is 0 Å². The van der Waals surface area contributed by atoms with Crippen molar-refractivity contribution in [2.45, 2.75) is 51.6 Å². The van der Waals surface area contributed by atoms with Crippen LogP contribution in [0.3, 0.4) is 0 Å². The van der Waals surface area contributed by atoms with E-state index in [0.29, 0.717) is 6.04 Å². The van der Waals surface area contributed by atoms with Crippen molar-refractivity contribution < 1.29 is 0 Å². The minimum absolute atomic E-state index is 0.703. The molecule has 0 aromatic heterocycles. The van der Waals surface area contributed by atoms with Crippen molar-refractivity contribution in [2.75, 3.05) is 40.3 Å². The summed E-state index contributed by atoms with van der Waals surface area (Å²) in [5.74, 6) is 0. The first kappa shape index (κ1) is 14.9. The van der Waals surface area contributed by atoms with Gasteiger partial charge in [-0.1, -0.05) is 20.3 Å². The van der Waals surface area contributed by atoms with Gasteiger partial charge >= 0.3 is 0 Å². The van der Waals surface area contributed by atoms with Gasteiger partial charge in [0.05, 0.1) is 0 Å². The fourth-order valence-electron chi connectivity index (χ4n) is 2.81. The average molecular weight is 241 g/mol. The van der Waals surface area contributed by atoms with E-state index >= 15 is 0 Å². The second-order valence-electron chi connectivity index (χ2n) is 5.47. The summed E-state index contributed by atoms with van der Waals surface area (Å²) in [7, 11) is 4.56. The zero-order valence-electron chi connectivity index (χ0n) is 12.2. The van der Waals surface area contributed by atoms with Crippen molar-refractivity contribution >= 4 is 0 Å². The maximum Gasteiger partial charge on any atom is 0.0220 e. The smallest absolute Gasteiger partial charge is 0.0220 e. The Morgan fingerprint density at radius 1 is 1.41 bits per heavy atom. The zero-order chi connectivity index (χ0) is 12.7. The highest BCUT2D eigenvalue weighted by atomic mass is 15.2. The van der Waals surface area contributed by atoms with Crippen molar-refractivity contribution in [3.8, 4) is 0 Å². The van der Waals surface area contributed by atoms with E-state index in [2.05, 4.69) is 43.1 Å². The Hall–Kier alpha value is -0.120. The molecule has 0 bridgehead atoms. The van der Waals surface area contributed by atoms with Crippen molar-refractivity contribution in [1.29, 1.82) is 0 Å². The third kappa shape index (κ3) is 4.94. The Labute approximate surface area is 108 Å². The Kier molecular flexibility index (Phi) is 7.09. The van der Waals surface area contributed by atoms with Gasteiger partial charge in [0.1, 0.15) is 0 Å².